The number of amides is 2. The Morgan fingerprint density at radius 2 is 1.72 bits per heavy atom. The average molecular weight is 630 g/mol. The number of nitrogens with one attached hydrogen (secondary N) is 2. The second kappa shape index (κ2) is 14.2. The van der Waals surface area contributed by atoms with Crippen molar-refractivity contribution in [1.82, 2.24) is 10.2 Å². The summed E-state index contributed by atoms with van der Waals surface area (Å²) in [5, 5.41) is 6.33. The predicted octanol–water partition coefficient (Wildman–Crippen LogP) is 4.90. The van der Waals surface area contributed by atoms with Crippen molar-refractivity contribution < 1.29 is 28.5 Å². The van der Waals surface area contributed by atoms with Crippen molar-refractivity contribution in [3.8, 4) is 28.4 Å². The van der Waals surface area contributed by atoms with Crippen molar-refractivity contribution in [1.29, 1.82) is 0 Å². The molecule has 0 saturated carbocycles. The monoisotopic (exact) mass is 629 g/mol. The van der Waals surface area contributed by atoms with E-state index >= 15 is 0 Å². The number of aryl methyl sites for hydroxylation is 1. The van der Waals surface area contributed by atoms with Gasteiger partial charge in [-0.05, 0) is 59.2 Å². The van der Waals surface area contributed by atoms with E-state index in [1.807, 2.05) is 61.2 Å². The van der Waals surface area contributed by atoms with E-state index in [0.29, 0.717) is 55.4 Å². The van der Waals surface area contributed by atoms with E-state index in [9.17, 15) is 14.4 Å². The number of rotatable bonds is 9. The van der Waals surface area contributed by atoms with E-state index in [2.05, 4.69) is 10.6 Å². The Kier molecular flexibility index (Phi) is 10.2. The van der Waals surface area contributed by atoms with Crippen LogP contribution >= 0.6 is 0 Å². The molecule has 5 rings (SSSR count). The van der Waals surface area contributed by atoms with Gasteiger partial charge < -0.3 is 34.5 Å². The van der Waals surface area contributed by atoms with Crippen LogP contribution in [0.3, 0.4) is 0 Å². The second-order valence-corrected chi connectivity index (χ2v) is 12.0. The van der Waals surface area contributed by atoms with Gasteiger partial charge in [0.05, 0.1) is 46.2 Å². The number of carbonyl (C=O) groups is 2. The van der Waals surface area contributed by atoms with E-state index in [-0.39, 0.29) is 35.0 Å². The maximum Gasteiger partial charge on any atom is 0.245 e. The van der Waals surface area contributed by atoms with Crippen LogP contribution in [0.25, 0.3) is 11.1 Å². The molecular weight excluding hydrogens is 586 g/mol. The summed E-state index contributed by atoms with van der Waals surface area (Å²) in [6, 6.07) is 15.8. The van der Waals surface area contributed by atoms with Gasteiger partial charge in [-0.25, -0.2) is 0 Å². The zero-order valence-electron chi connectivity index (χ0n) is 27.3. The summed E-state index contributed by atoms with van der Waals surface area (Å²) in [7, 11) is 4.68. The lowest BCUT2D eigenvalue weighted by Gasteiger charge is -2.36. The topological polar surface area (TPSA) is 115 Å². The van der Waals surface area contributed by atoms with Gasteiger partial charge in [0.25, 0.3) is 0 Å². The van der Waals surface area contributed by atoms with Gasteiger partial charge in [-0.1, -0.05) is 50.2 Å². The van der Waals surface area contributed by atoms with Crippen molar-refractivity contribution in [2.45, 2.75) is 51.8 Å². The third-order valence-corrected chi connectivity index (χ3v) is 8.71. The minimum atomic E-state index is -0.651. The molecule has 0 unspecified atom stereocenters. The summed E-state index contributed by atoms with van der Waals surface area (Å²) in [4.78, 5) is 42.0. The van der Waals surface area contributed by atoms with Crippen LogP contribution in [0, 0.1) is 5.92 Å². The standard InChI is InChI=1S/C36H43N3O7/c1-21(2)33(36(42)39-16-17-46-31(20-39)23-10-8-7-9-11-23)38-28-15-13-25-26(19-29(28)41)27(37-22(3)40)14-12-24-18-30(43-4)34(44-5)35(45-6)32(24)25/h7-11,13,15,18-19,21,27,31,33H,12,14,16-17,20H2,1-6H3,(H,37,40)(H,38,41)/t27-,31+,33-/m0/s1. The predicted molar refractivity (Wildman–Crippen MR) is 177 cm³/mol. The highest BCUT2D eigenvalue weighted by molar-refractivity contribution is 5.86. The Hall–Kier alpha value is -4.57. The quantitative estimate of drug-likeness (QED) is 0.344. The number of morpholine rings is 1. The maximum absolute atomic E-state index is 14.0. The number of anilines is 1. The first-order chi connectivity index (χ1) is 22.2. The number of carbonyl (C=O) groups excluding carboxylic acids is 2. The minimum absolute atomic E-state index is 0.0910. The fourth-order valence-corrected chi connectivity index (χ4v) is 6.42. The van der Waals surface area contributed by atoms with Crippen molar-refractivity contribution in [2.75, 3.05) is 46.3 Å². The molecule has 2 N–H and O–H groups in total. The molecule has 244 valence electrons. The largest absolute Gasteiger partial charge is 0.493 e. The number of hydrogen-bond donors (Lipinski definition) is 2. The lowest BCUT2D eigenvalue weighted by Crippen LogP contribution is -2.50. The smallest absolute Gasteiger partial charge is 0.245 e. The zero-order chi connectivity index (χ0) is 33.0. The molecule has 0 radical (unpaired) electrons. The van der Waals surface area contributed by atoms with Gasteiger partial charge >= 0.3 is 0 Å². The molecule has 3 aromatic carbocycles. The van der Waals surface area contributed by atoms with E-state index in [0.717, 1.165) is 22.3 Å². The summed E-state index contributed by atoms with van der Waals surface area (Å²) in [5.41, 5.74) is 4.10. The highest BCUT2D eigenvalue weighted by Gasteiger charge is 2.33. The molecule has 0 spiro atoms. The number of nitrogens with zero attached hydrogens (tertiary/aromatic N) is 1. The molecule has 3 aromatic rings. The van der Waals surface area contributed by atoms with Crippen LogP contribution < -0.4 is 30.3 Å². The van der Waals surface area contributed by atoms with Gasteiger partial charge in [-0.2, -0.15) is 0 Å². The fraction of sp³-hybridized carbons (Fsp3) is 0.417. The van der Waals surface area contributed by atoms with Crippen molar-refractivity contribution in [2.24, 2.45) is 5.92 Å². The summed E-state index contributed by atoms with van der Waals surface area (Å²) < 4.78 is 23.2. The Balaban J connectivity index is 1.55. The normalized spacial score (nSPS) is 18.0. The summed E-state index contributed by atoms with van der Waals surface area (Å²) >= 11 is 0. The van der Waals surface area contributed by atoms with Gasteiger partial charge in [-0.15, -0.1) is 0 Å². The molecule has 2 aliphatic rings. The molecule has 1 aliphatic carbocycles. The Bertz CT molecular complexity index is 1640. The van der Waals surface area contributed by atoms with Gasteiger partial charge in [0, 0.05) is 19.0 Å². The van der Waals surface area contributed by atoms with Gasteiger partial charge in [0.2, 0.25) is 23.0 Å². The highest BCUT2D eigenvalue weighted by atomic mass is 16.5. The first kappa shape index (κ1) is 32.8. The van der Waals surface area contributed by atoms with E-state index in [1.54, 1.807) is 33.5 Å². The third kappa shape index (κ3) is 6.67. The van der Waals surface area contributed by atoms with Crippen LogP contribution in [-0.4, -0.2) is 63.8 Å². The van der Waals surface area contributed by atoms with E-state index < -0.39 is 12.1 Å². The number of hydrogen-bond acceptors (Lipinski definition) is 8. The van der Waals surface area contributed by atoms with Crippen LogP contribution in [0.2, 0.25) is 0 Å². The summed E-state index contributed by atoms with van der Waals surface area (Å²) in [6.45, 7) is 6.70. The molecule has 1 saturated heterocycles. The van der Waals surface area contributed by atoms with Crippen LogP contribution in [0.5, 0.6) is 17.2 Å². The van der Waals surface area contributed by atoms with E-state index in [4.69, 9.17) is 18.9 Å². The molecule has 1 fully saturated rings. The molecule has 1 heterocycles. The number of ether oxygens (including phenoxy) is 4. The molecule has 10 nitrogen and oxygen atoms in total. The lowest BCUT2D eigenvalue weighted by molar-refractivity contribution is -0.140. The first-order valence-corrected chi connectivity index (χ1v) is 15.7. The Morgan fingerprint density at radius 3 is 2.37 bits per heavy atom. The third-order valence-electron chi connectivity index (χ3n) is 8.71. The molecule has 3 atom stereocenters. The highest BCUT2D eigenvalue weighted by Crippen LogP contribution is 2.50. The molecule has 1 aliphatic heterocycles. The fourth-order valence-electron chi connectivity index (χ4n) is 6.42. The number of methoxy groups -OCH3 is 3. The van der Waals surface area contributed by atoms with Crippen LogP contribution in [0.1, 0.15) is 56.0 Å². The molecule has 10 heteroatoms. The van der Waals surface area contributed by atoms with Gasteiger partial charge in [0.1, 0.15) is 12.1 Å². The summed E-state index contributed by atoms with van der Waals surface area (Å²) in [5.74, 6) is 1.03. The van der Waals surface area contributed by atoms with Crippen LogP contribution in [0.15, 0.2) is 59.4 Å². The Labute approximate surface area is 270 Å². The molecule has 0 aromatic heterocycles. The second-order valence-electron chi connectivity index (χ2n) is 12.0. The number of benzene rings is 2. The number of fused-ring (bicyclic) bond motifs is 3. The van der Waals surface area contributed by atoms with Crippen molar-refractivity contribution >= 4 is 17.5 Å². The van der Waals surface area contributed by atoms with Gasteiger partial charge in [0.15, 0.2) is 11.5 Å². The lowest BCUT2D eigenvalue weighted by atomic mass is 9.95. The zero-order valence-corrected chi connectivity index (χ0v) is 27.3. The summed E-state index contributed by atoms with van der Waals surface area (Å²) in [6.07, 6.45) is 0.933. The SMILES string of the molecule is COc1cc2c(c(OC)c1OC)-c1ccc(N[C@H](C(=O)N3CCO[C@@H](c4ccccc4)C3)C(C)C)c(=O)cc1[C@@H](NC(C)=O)CC2. The molecule has 2 amide bonds. The van der Waals surface area contributed by atoms with Crippen LogP contribution in [0.4, 0.5) is 5.69 Å². The Morgan fingerprint density at radius 1 is 0.978 bits per heavy atom. The first-order valence-electron chi connectivity index (χ1n) is 15.7. The van der Waals surface area contributed by atoms with Gasteiger partial charge in [-0.3, -0.25) is 14.4 Å². The maximum atomic E-state index is 14.0. The van der Waals surface area contributed by atoms with Crippen molar-refractivity contribution in [3.63, 3.8) is 0 Å². The molecule has 46 heavy (non-hydrogen) atoms. The van der Waals surface area contributed by atoms with E-state index in [1.165, 1.54) is 6.92 Å². The van der Waals surface area contributed by atoms with Crippen LogP contribution in [-0.2, 0) is 20.7 Å². The molecule has 0 bridgehead atoms. The average Bonchev–Trinajstić information content (AvgIpc) is 3.30. The molecular formula is C36H43N3O7. The minimum Gasteiger partial charge on any atom is -0.493 e. The van der Waals surface area contributed by atoms with Crippen molar-refractivity contribution in [3.05, 3.63) is 81.5 Å².